The van der Waals surface area contributed by atoms with Crippen LogP contribution >= 0.6 is 0 Å². The van der Waals surface area contributed by atoms with E-state index in [0.717, 1.165) is 0 Å². The van der Waals surface area contributed by atoms with Crippen LogP contribution < -0.4 is 20.9 Å². The number of anilines is 2. The highest BCUT2D eigenvalue weighted by Crippen LogP contribution is 2.35. The van der Waals surface area contributed by atoms with Crippen LogP contribution in [0.4, 0.5) is 11.4 Å². The Balaban J connectivity index is 2.29. The van der Waals surface area contributed by atoms with Crippen LogP contribution in [0.15, 0.2) is 36.4 Å². The monoisotopic (exact) mass is 288 g/mol. The van der Waals surface area contributed by atoms with E-state index in [9.17, 15) is 4.79 Å². The highest BCUT2D eigenvalue weighted by Gasteiger charge is 2.14. The maximum atomic E-state index is 11.5. The van der Waals surface area contributed by atoms with E-state index in [2.05, 4.69) is 4.74 Å². The predicted octanol–water partition coefficient (Wildman–Crippen LogP) is 2.44. The molecule has 110 valence electrons. The lowest BCUT2D eigenvalue weighted by Crippen LogP contribution is -2.05. The molecule has 2 aromatic rings. The average molecular weight is 288 g/mol. The molecule has 4 N–H and O–H groups in total. The third-order valence-corrected chi connectivity index (χ3v) is 2.85. The Kier molecular flexibility index (Phi) is 4.18. The van der Waals surface area contributed by atoms with Gasteiger partial charge in [-0.1, -0.05) is 0 Å². The molecule has 0 aromatic heterocycles. The molecular weight excluding hydrogens is 272 g/mol. The lowest BCUT2D eigenvalue weighted by Gasteiger charge is -2.13. The Hall–Kier alpha value is -2.89. The molecule has 2 rings (SSSR count). The molecule has 0 spiro atoms. The van der Waals surface area contributed by atoms with E-state index in [1.807, 2.05) is 0 Å². The first-order valence-electron chi connectivity index (χ1n) is 6.14. The Labute approximate surface area is 122 Å². The van der Waals surface area contributed by atoms with E-state index in [1.54, 1.807) is 31.4 Å². The van der Waals surface area contributed by atoms with Gasteiger partial charge < -0.3 is 25.7 Å². The van der Waals surface area contributed by atoms with Gasteiger partial charge in [0, 0.05) is 0 Å². The SMILES string of the molecule is COC(=O)c1cc(N)c(Oc2ccc(OC)cc2)c(N)c1. The fraction of sp³-hybridized carbons (Fsp3) is 0.133. The van der Waals surface area contributed by atoms with Gasteiger partial charge in [0.2, 0.25) is 0 Å². The number of rotatable bonds is 4. The van der Waals surface area contributed by atoms with E-state index in [1.165, 1.54) is 19.2 Å². The van der Waals surface area contributed by atoms with Crippen molar-refractivity contribution in [3.63, 3.8) is 0 Å². The van der Waals surface area contributed by atoms with Crippen LogP contribution in [0, 0.1) is 0 Å². The van der Waals surface area contributed by atoms with Crippen molar-refractivity contribution in [2.24, 2.45) is 0 Å². The van der Waals surface area contributed by atoms with Gasteiger partial charge in [0.15, 0.2) is 5.75 Å². The third-order valence-electron chi connectivity index (χ3n) is 2.85. The van der Waals surface area contributed by atoms with Gasteiger partial charge in [-0.3, -0.25) is 0 Å². The summed E-state index contributed by atoms with van der Waals surface area (Å²) in [6.45, 7) is 0. The molecule has 0 amide bonds. The van der Waals surface area contributed by atoms with E-state index < -0.39 is 5.97 Å². The maximum absolute atomic E-state index is 11.5. The van der Waals surface area contributed by atoms with Crippen molar-refractivity contribution in [1.82, 2.24) is 0 Å². The summed E-state index contributed by atoms with van der Waals surface area (Å²) in [4.78, 5) is 11.5. The van der Waals surface area contributed by atoms with Gasteiger partial charge in [-0.05, 0) is 36.4 Å². The summed E-state index contributed by atoms with van der Waals surface area (Å²) in [5.41, 5.74) is 12.5. The molecule has 0 radical (unpaired) electrons. The van der Waals surface area contributed by atoms with Gasteiger partial charge in [-0.25, -0.2) is 4.79 Å². The first-order chi connectivity index (χ1) is 10.0. The predicted molar refractivity (Wildman–Crippen MR) is 79.7 cm³/mol. The fourth-order valence-electron chi connectivity index (χ4n) is 1.79. The number of ether oxygens (including phenoxy) is 3. The van der Waals surface area contributed by atoms with Gasteiger partial charge in [0.1, 0.15) is 11.5 Å². The number of hydrogen-bond donors (Lipinski definition) is 2. The molecule has 0 fully saturated rings. The average Bonchev–Trinajstić information content (AvgIpc) is 2.50. The molecule has 0 atom stereocenters. The summed E-state index contributed by atoms with van der Waals surface area (Å²) in [6.07, 6.45) is 0. The number of nitrogens with two attached hydrogens (primary N) is 2. The van der Waals surface area contributed by atoms with E-state index in [-0.39, 0.29) is 16.9 Å². The number of methoxy groups -OCH3 is 2. The molecule has 0 saturated heterocycles. The second kappa shape index (κ2) is 6.04. The zero-order valence-electron chi connectivity index (χ0n) is 11.8. The summed E-state index contributed by atoms with van der Waals surface area (Å²) in [5, 5.41) is 0. The van der Waals surface area contributed by atoms with E-state index in [0.29, 0.717) is 17.2 Å². The van der Waals surface area contributed by atoms with Gasteiger partial charge in [0.05, 0.1) is 31.2 Å². The van der Waals surface area contributed by atoms with Crippen LogP contribution in [0.3, 0.4) is 0 Å². The zero-order valence-corrected chi connectivity index (χ0v) is 11.8. The number of benzene rings is 2. The standard InChI is InChI=1S/C15H16N2O4/c1-19-10-3-5-11(6-4-10)21-14-12(16)7-9(8-13(14)17)15(18)20-2/h3-8H,16-17H2,1-2H3. The molecule has 6 nitrogen and oxygen atoms in total. The lowest BCUT2D eigenvalue weighted by atomic mass is 10.1. The summed E-state index contributed by atoms with van der Waals surface area (Å²) in [5.74, 6) is 1.06. The lowest BCUT2D eigenvalue weighted by molar-refractivity contribution is 0.0601. The number of carbonyl (C=O) groups is 1. The zero-order chi connectivity index (χ0) is 15.4. The number of carbonyl (C=O) groups excluding carboxylic acids is 1. The number of nitrogen functional groups attached to an aromatic ring is 2. The highest BCUT2D eigenvalue weighted by atomic mass is 16.5. The molecule has 0 aliphatic rings. The van der Waals surface area contributed by atoms with Crippen LogP contribution in [0.1, 0.15) is 10.4 Å². The molecule has 0 heterocycles. The minimum atomic E-state index is -0.510. The van der Waals surface area contributed by atoms with Crippen molar-refractivity contribution in [1.29, 1.82) is 0 Å². The Morgan fingerprint density at radius 3 is 1.95 bits per heavy atom. The smallest absolute Gasteiger partial charge is 0.338 e. The third kappa shape index (κ3) is 3.17. The molecule has 0 aliphatic heterocycles. The molecule has 2 aromatic carbocycles. The fourth-order valence-corrected chi connectivity index (χ4v) is 1.79. The van der Waals surface area contributed by atoms with Crippen molar-refractivity contribution in [3.05, 3.63) is 42.0 Å². The van der Waals surface area contributed by atoms with Crippen molar-refractivity contribution >= 4 is 17.3 Å². The van der Waals surface area contributed by atoms with E-state index >= 15 is 0 Å². The largest absolute Gasteiger partial charge is 0.497 e. The molecule has 0 aliphatic carbocycles. The summed E-state index contributed by atoms with van der Waals surface area (Å²) in [6, 6.07) is 9.88. The number of hydrogen-bond acceptors (Lipinski definition) is 6. The first kappa shape index (κ1) is 14.5. The summed E-state index contributed by atoms with van der Waals surface area (Å²) >= 11 is 0. The van der Waals surface area contributed by atoms with Gasteiger partial charge >= 0.3 is 5.97 Å². The molecule has 6 heteroatoms. The molecular formula is C15H16N2O4. The molecule has 21 heavy (non-hydrogen) atoms. The number of esters is 1. The van der Waals surface area contributed by atoms with Gasteiger partial charge in [-0.2, -0.15) is 0 Å². The van der Waals surface area contributed by atoms with Crippen LogP contribution in [0.2, 0.25) is 0 Å². The van der Waals surface area contributed by atoms with Crippen molar-refractivity contribution < 1.29 is 19.0 Å². The normalized spacial score (nSPS) is 10.0. The summed E-state index contributed by atoms with van der Waals surface area (Å²) < 4.78 is 15.3. The maximum Gasteiger partial charge on any atom is 0.338 e. The Bertz CT molecular complexity index is 630. The second-order valence-electron chi connectivity index (χ2n) is 4.25. The first-order valence-corrected chi connectivity index (χ1v) is 6.14. The highest BCUT2D eigenvalue weighted by molar-refractivity contribution is 5.93. The molecule has 0 saturated carbocycles. The van der Waals surface area contributed by atoms with Gasteiger partial charge in [-0.15, -0.1) is 0 Å². The minimum Gasteiger partial charge on any atom is -0.497 e. The minimum absolute atomic E-state index is 0.256. The van der Waals surface area contributed by atoms with Crippen LogP contribution in [-0.2, 0) is 4.74 Å². The second-order valence-corrected chi connectivity index (χ2v) is 4.25. The molecule has 0 bridgehead atoms. The van der Waals surface area contributed by atoms with Crippen molar-refractivity contribution in [2.75, 3.05) is 25.7 Å². The van der Waals surface area contributed by atoms with Crippen LogP contribution in [0.5, 0.6) is 17.2 Å². The van der Waals surface area contributed by atoms with Gasteiger partial charge in [0.25, 0.3) is 0 Å². The van der Waals surface area contributed by atoms with Crippen LogP contribution in [-0.4, -0.2) is 20.2 Å². The quantitative estimate of drug-likeness (QED) is 0.662. The Morgan fingerprint density at radius 1 is 0.952 bits per heavy atom. The Morgan fingerprint density at radius 2 is 1.48 bits per heavy atom. The van der Waals surface area contributed by atoms with E-state index in [4.69, 9.17) is 20.9 Å². The summed E-state index contributed by atoms with van der Waals surface area (Å²) in [7, 11) is 2.87. The van der Waals surface area contributed by atoms with Crippen LogP contribution in [0.25, 0.3) is 0 Å². The molecule has 0 unspecified atom stereocenters. The topological polar surface area (TPSA) is 96.8 Å². The van der Waals surface area contributed by atoms with Crippen molar-refractivity contribution in [3.8, 4) is 17.2 Å². The van der Waals surface area contributed by atoms with Crippen molar-refractivity contribution in [2.45, 2.75) is 0 Å².